The summed E-state index contributed by atoms with van der Waals surface area (Å²) in [5.74, 6) is -0.300. The van der Waals surface area contributed by atoms with Crippen LogP contribution in [0.1, 0.15) is 35.3 Å². The van der Waals surface area contributed by atoms with Gasteiger partial charge in [0.05, 0.1) is 11.4 Å². The second-order valence-corrected chi connectivity index (χ2v) is 9.29. The Labute approximate surface area is 192 Å². The van der Waals surface area contributed by atoms with Crippen LogP contribution in [-0.2, 0) is 11.3 Å². The van der Waals surface area contributed by atoms with Crippen LogP contribution in [0.2, 0.25) is 0 Å². The first-order chi connectivity index (χ1) is 15.4. The number of thioether (sulfide) groups is 1. The summed E-state index contributed by atoms with van der Waals surface area (Å²) >= 11 is 0.939. The predicted octanol–water partition coefficient (Wildman–Crippen LogP) is 4.09. The number of hydrogen-bond donors (Lipinski definition) is 0. The summed E-state index contributed by atoms with van der Waals surface area (Å²) in [4.78, 5) is 44.1. The van der Waals surface area contributed by atoms with E-state index in [-0.39, 0.29) is 23.6 Å². The van der Waals surface area contributed by atoms with Crippen molar-refractivity contribution in [3.8, 4) is 0 Å². The highest BCUT2D eigenvalue weighted by atomic mass is 32.2. The molecule has 2 saturated heterocycles. The Bertz CT molecular complexity index is 1040. The summed E-state index contributed by atoms with van der Waals surface area (Å²) in [7, 11) is 0. The molecule has 32 heavy (non-hydrogen) atoms. The van der Waals surface area contributed by atoms with E-state index in [2.05, 4.69) is 18.7 Å². The SMILES string of the molecule is CC(C)N1CCN(C(=O)c2cccc(/C=C3\SC(=O)N(Cc4ccccc4)C3=O)c2)CC1. The number of rotatable bonds is 5. The van der Waals surface area contributed by atoms with Crippen molar-refractivity contribution < 1.29 is 14.4 Å². The minimum Gasteiger partial charge on any atom is -0.336 e. The average Bonchev–Trinajstić information content (AvgIpc) is 3.07. The summed E-state index contributed by atoms with van der Waals surface area (Å²) in [6.45, 7) is 7.75. The van der Waals surface area contributed by atoms with Crippen LogP contribution in [0.3, 0.4) is 0 Å². The van der Waals surface area contributed by atoms with Crippen molar-refractivity contribution in [1.82, 2.24) is 14.7 Å². The van der Waals surface area contributed by atoms with E-state index in [1.54, 1.807) is 18.2 Å². The van der Waals surface area contributed by atoms with Gasteiger partial charge in [0.15, 0.2) is 0 Å². The van der Waals surface area contributed by atoms with Gasteiger partial charge in [-0.2, -0.15) is 0 Å². The summed E-state index contributed by atoms with van der Waals surface area (Å²) in [6.07, 6.45) is 1.70. The van der Waals surface area contributed by atoms with Gasteiger partial charge < -0.3 is 4.90 Å². The van der Waals surface area contributed by atoms with Crippen LogP contribution in [0.4, 0.5) is 4.79 Å². The highest BCUT2D eigenvalue weighted by molar-refractivity contribution is 8.18. The number of carbonyl (C=O) groups excluding carboxylic acids is 3. The molecule has 6 nitrogen and oxygen atoms in total. The van der Waals surface area contributed by atoms with Crippen molar-refractivity contribution in [2.75, 3.05) is 26.2 Å². The van der Waals surface area contributed by atoms with Gasteiger partial charge in [-0.25, -0.2) is 0 Å². The fourth-order valence-corrected chi connectivity index (χ4v) is 4.78. The third-order valence-electron chi connectivity index (χ3n) is 5.82. The third-order valence-corrected chi connectivity index (χ3v) is 6.73. The van der Waals surface area contributed by atoms with E-state index in [1.165, 1.54) is 4.90 Å². The lowest BCUT2D eigenvalue weighted by Gasteiger charge is -2.37. The Morgan fingerprint density at radius 1 is 1.00 bits per heavy atom. The molecule has 4 rings (SSSR count). The molecule has 166 valence electrons. The zero-order chi connectivity index (χ0) is 22.7. The monoisotopic (exact) mass is 449 g/mol. The van der Waals surface area contributed by atoms with Gasteiger partial charge in [0, 0.05) is 37.8 Å². The molecule has 2 heterocycles. The maximum Gasteiger partial charge on any atom is 0.293 e. The van der Waals surface area contributed by atoms with Crippen LogP contribution in [0.15, 0.2) is 59.5 Å². The summed E-state index contributed by atoms with van der Waals surface area (Å²) in [5.41, 5.74) is 2.24. The highest BCUT2D eigenvalue weighted by Gasteiger charge is 2.35. The Morgan fingerprint density at radius 3 is 2.41 bits per heavy atom. The van der Waals surface area contributed by atoms with Crippen LogP contribution in [0, 0.1) is 0 Å². The number of nitrogens with zero attached hydrogens (tertiary/aromatic N) is 3. The van der Waals surface area contributed by atoms with Gasteiger partial charge in [-0.05, 0) is 54.9 Å². The number of piperazine rings is 1. The van der Waals surface area contributed by atoms with Crippen molar-refractivity contribution in [2.45, 2.75) is 26.4 Å². The lowest BCUT2D eigenvalue weighted by molar-refractivity contribution is -0.123. The van der Waals surface area contributed by atoms with Gasteiger partial charge in [-0.3, -0.25) is 24.2 Å². The molecule has 2 aromatic rings. The highest BCUT2D eigenvalue weighted by Crippen LogP contribution is 2.33. The lowest BCUT2D eigenvalue weighted by Crippen LogP contribution is -2.50. The zero-order valence-electron chi connectivity index (χ0n) is 18.4. The van der Waals surface area contributed by atoms with Crippen LogP contribution in [-0.4, -0.2) is 64.0 Å². The minimum absolute atomic E-state index is 0.000776. The molecule has 0 atom stereocenters. The van der Waals surface area contributed by atoms with Gasteiger partial charge >= 0.3 is 0 Å². The van der Waals surface area contributed by atoms with Gasteiger partial charge in [-0.15, -0.1) is 0 Å². The zero-order valence-corrected chi connectivity index (χ0v) is 19.2. The van der Waals surface area contributed by atoms with E-state index in [4.69, 9.17) is 0 Å². The molecule has 0 saturated carbocycles. The Balaban J connectivity index is 1.46. The molecule has 2 aliphatic rings. The molecule has 2 aliphatic heterocycles. The van der Waals surface area contributed by atoms with Crippen LogP contribution in [0.5, 0.6) is 0 Å². The van der Waals surface area contributed by atoms with Crippen molar-refractivity contribution in [3.63, 3.8) is 0 Å². The Hall–Kier alpha value is -2.90. The molecule has 0 unspecified atom stereocenters. The second-order valence-electron chi connectivity index (χ2n) is 8.30. The number of benzene rings is 2. The topological polar surface area (TPSA) is 60.9 Å². The second kappa shape index (κ2) is 9.71. The molecule has 0 bridgehead atoms. The quantitative estimate of drug-likeness (QED) is 0.644. The smallest absolute Gasteiger partial charge is 0.293 e. The van der Waals surface area contributed by atoms with Crippen molar-refractivity contribution >= 4 is 34.9 Å². The number of imide groups is 1. The first-order valence-electron chi connectivity index (χ1n) is 10.8. The normalized spacial score (nSPS) is 18.8. The van der Waals surface area contributed by atoms with Gasteiger partial charge in [0.25, 0.3) is 17.1 Å². The van der Waals surface area contributed by atoms with E-state index in [1.807, 2.05) is 47.4 Å². The first-order valence-corrected chi connectivity index (χ1v) is 11.7. The minimum atomic E-state index is -0.301. The van der Waals surface area contributed by atoms with Crippen molar-refractivity contribution in [2.24, 2.45) is 0 Å². The molecular weight excluding hydrogens is 422 g/mol. The molecule has 0 N–H and O–H groups in total. The van der Waals surface area contributed by atoms with E-state index < -0.39 is 0 Å². The molecular formula is C25H27N3O3S. The molecule has 0 aliphatic carbocycles. The maximum absolute atomic E-state index is 13.0. The summed E-state index contributed by atoms with van der Waals surface area (Å²) < 4.78 is 0. The summed E-state index contributed by atoms with van der Waals surface area (Å²) in [6, 6.07) is 17.2. The Kier molecular flexibility index (Phi) is 6.77. The number of carbonyl (C=O) groups is 3. The molecule has 2 aromatic carbocycles. The van der Waals surface area contributed by atoms with E-state index in [0.29, 0.717) is 29.6 Å². The van der Waals surface area contributed by atoms with E-state index in [9.17, 15) is 14.4 Å². The molecule has 0 aromatic heterocycles. The standard InChI is InChI=1S/C25H27N3O3S/c1-18(2)26-11-13-27(14-12-26)23(29)21-10-6-9-20(15-21)16-22-24(30)28(25(31)32-22)17-19-7-4-3-5-8-19/h3-10,15-16,18H,11-14,17H2,1-2H3/b22-16-. The Morgan fingerprint density at radius 2 is 1.72 bits per heavy atom. The fraction of sp³-hybridized carbons (Fsp3) is 0.320. The van der Waals surface area contributed by atoms with Crippen LogP contribution < -0.4 is 0 Å². The molecule has 2 fully saturated rings. The van der Waals surface area contributed by atoms with E-state index >= 15 is 0 Å². The van der Waals surface area contributed by atoms with Gasteiger partial charge in [-0.1, -0.05) is 42.5 Å². The lowest BCUT2D eigenvalue weighted by atomic mass is 10.1. The van der Waals surface area contributed by atoms with Crippen LogP contribution in [0.25, 0.3) is 6.08 Å². The maximum atomic E-state index is 13.0. The fourth-order valence-electron chi connectivity index (χ4n) is 3.94. The van der Waals surface area contributed by atoms with Crippen molar-refractivity contribution in [3.05, 3.63) is 76.2 Å². The van der Waals surface area contributed by atoms with Gasteiger partial charge in [0.1, 0.15) is 0 Å². The molecule has 0 spiro atoms. The summed E-state index contributed by atoms with van der Waals surface area (Å²) in [5, 5.41) is -0.277. The first kappa shape index (κ1) is 22.3. The number of amides is 3. The predicted molar refractivity (Wildman–Crippen MR) is 127 cm³/mol. The largest absolute Gasteiger partial charge is 0.336 e. The third kappa shape index (κ3) is 4.95. The average molecular weight is 450 g/mol. The molecule has 7 heteroatoms. The van der Waals surface area contributed by atoms with Crippen molar-refractivity contribution in [1.29, 1.82) is 0 Å². The van der Waals surface area contributed by atoms with Gasteiger partial charge in [0.2, 0.25) is 0 Å². The number of hydrogen-bond acceptors (Lipinski definition) is 5. The van der Waals surface area contributed by atoms with E-state index in [0.717, 1.165) is 36.0 Å². The van der Waals surface area contributed by atoms with Crippen LogP contribution >= 0.6 is 11.8 Å². The molecule has 3 amide bonds. The molecule has 0 radical (unpaired) electrons.